The molecule has 0 spiro atoms. The van der Waals surface area contributed by atoms with Gasteiger partial charge in [-0.3, -0.25) is 0 Å². The van der Waals surface area contributed by atoms with Crippen molar-refractivity contribution in [2.75, 3.05) is 0 Å². The maximum atomic E-state index is 4.68. The maximum Gasteiger partial charge on any atom is 0.124 e. The summed E-state index contributed by atoms with van der Waals surface area (Å²) in [5.74, 6) is 0. The van der Waals surface area contributed by atoms with Crippen LogP contribution in [-0.2, 0) is 0 Å². The largest absolute Gasteiger partial charge is 0.236 e. The third kappa shape index (κ3) is 2.37. The SMILES string of the molecule is Brc1ccc(-c2csc(-c3ccccc3)n2)cc1. The number of rotatable bonds is 2. The smallest absolute Gasteiger partial charge is 0.124 e. The highest BCUT2D eigenvalue weighted by Crippen LogP contribution is 2.29. The van der Waals surface area contributed by atoms with E-state index in [0.29, 0.717) is 0 Å². The van der Waals surface area contributed by atoms with Gasteiger partial charge in [0, 0.05) is 21.0 Å². The molecule has 3 heteroatoms. The van der Waals surface area contributed by atoms with E-state index in [9.17, 15) is 0 Å². The van der Waals surface area contributed by atoms with Crippen molar-refractivity contribution in [1.29, 1.82) is 0 Å². The Hall–Kier alpha value is -1.45. The quantitative estimate of drug-likeness (QED) is 0.630. The molecule has 0 aliphatic rings. The molecule has 0 saturated heterocycles. The number of nitrogens with zero attached hydrogens (tertiary/aromatic N) is 1. The molecule has 0 saturated carbocycles. The van der Waals surface area contributed by atoms with Crippen LogP contribution in [0.3, 0.4) is 0 Å². The Balaban J connectivity index is 1.97. The summed E-state index contributed by atoms with van der Waals surface area (Å²) in [5, 5.41) is 3.17. The van der Waals surface area contributed by atoms with Crippen LogP contribution in [0.1, 0.15) is 0 Å². The molecule has 0 aliphatic carbocycles. The summed E-state index contributed by atoms with van der Waals surface area (Å²) < 4.78 is 1.09. The molecule has 0 bridgehead atoms. The van der Waals surface area contributed by atoms with Gasteiger partial charge in [0.2, 0.25) is 0 Å². The predicted octanol–water partition coefficient (Wildman–Crippen LogP) is 5.24. The molecule has 0 radical (unpaired) electrons. The molecule has 0 aliphatic heterocycles. The van der Waals surface area contributed by atoms with Gasteiger partial charge in [0.05, 0.1) is 5.69 Å². The zero-order valence-electron chi connectivity index (χ0n) is 9.51. The van der Waals surface area contributed by atoms with Crippen LogP contribution < -0.4 is 0 Å². The fourth-order valence-electron chi connectivity index (χ4n) is 1.74. The molecular formula is C15H10BrNS. The van der Waals surface area contributed by atoms with E-state index in [2.05, 4.69) is 50.6 Å². The minimum Gasteiger partial charge on any atom is -0.236 e. The molecule has 88 valence electrons. The van der Waals surface area contributed by atoms with Crippen LogP contribution in [0, 0.1) is 0 Å². The Morgan fingerprint density at radius 1 is 0.833 bits per heavy atom. The van der Waals surface area contributed by atoms with Crippen molar-refractivity contribution in [3.8, 4) is 21.8 Å². The average Bonchev–Trinajstić information content (AvgIpc) is 2.90. The summed E-state index contributed by atoms with van der Waals surface area (Å²) in [7, 11) is 0. The van der Waals surface area contributed by atoms with Crippen molar-refractivity contribution in [1.82, 2.24) is 4.98 Å². The van der Waals surface area contributed by atoms with Crippen LogP contribution in [0.2, 0.25) is 0 Å². The summed E-state index contributed by atoms with van der Waals surface area (Å²) in [6, 6.07) is 18.5. The minimum atomic E-state index is 1.03. The molecule has 2 aromatic carbocycles. The molecule has 0 fully saturated rings. The van der Waals surface area contributed by atoms with Gasteiger partial charge in [0.1, 0.15) is 5.01 Å². The fraction of sp³-hybridized carbons (Fsp3) is 0. The molecule has 1 heterocycles. The topological polar surface area (TPSA) is 12.9 Å². The first-order valence-corrected chi connectivity index (χ1v) is 7.27. The highest BCUT2D eigenvalue weighted by atomic mass is 79.9. The van der Waals surface area contributed by atoms with Crippen molar-refractivity contribution in [2.24, 2.45) is 0 Å². The number of thiazole rings is 1. The normalized spacial score (nSPS) is 10.5. The molecule has 1 nitrogen and oxygen atoms in total. The van der Waals surface area contributed by atoms with Crippen molar-refractivity contribution < 1.29 is 0 Å². The monoisotopic (exact) mass is 315 g/mol. The lowest BCUT2D eigenvalue weighted by Gasteiger charge is -1.97. The molecule has 0 N–H and O–H groups in total. The van der Waals surface area contributed by atoms with E-state index in [4.69, 9.17) is 0 Å². The summed E-state index contributed by atoms with van der Waals surface area (Å²) in [6.07, 6.45) is 0. The van der Waals surface area contributed by atoms with E-state index in [1.807, 2.05) is 30.3 Å². The number of benzene rings is 2. The Labute approximate surface area is 118 Å². The van der Waals surface area contributed by atoms with E-state index in [-0.39, 0.29) is 0 Å². The summed E-state index contributed by atoms with van der Waals surface area (Å²) in [6.45, 7) is 0. The molecule has 0 unspecified atom stereocenters. The van der Waals surface area contributed by atoms with E-state index in [1.54, 1.807) is 11.3 Å². The van der Waals surface area contributed by atoms with Crippen LogP contribution >= 0.6 is 27.3 Å². The van der Waals surface area contributed by atoms with E-state index in [0.717, 1.165) is 20.7 Å². The van der Waals surface area contributed by atoms with Gasteiger partial charge in [0.25, 0.3) is 0 Å². The van der Waals surface area contributed by atoms with Crippen LogP contribution in [0.15, 0.2) is 64.5 Å². The standard InChI is InChI=1S/C15H10BrNS/c16-13-8-6-11(7-9-13)14-10-18-15(17-14)12-4-2-1-3-5-12/h1-10H. The highest BCUT2D eigenvalue weighted by molar-refractivity contribution is 9.10. The van der Waals surface area contributed by atoms with Crippen LogP contribution in [0.25, 0.3) is 21.8 Å². The molecule has 3 aromatic rings. The minimum absolute atomic E-state index is 1.03. The van der Waals surface area contributed by atoms with Gasteiger partial charge in [-0.2, -0.15) is 0 Å². The molecule has 3 rings (SSSR count). The lowest BCUT2D eigenvalue weighted by Crippen LogP contribution is -1.79. The van der Waals surface area contributed by atoms with E-state index < -0.39 is 0 Å². The molecule has 18 heavy (non-hydrogen) atoms. The second kappa shape index (κ2) is 5.04. The Morgan fingerprint density at radius 2 is 1.56 bits per heavy atom. The third-order valence-corrected chi connectivity index (χ3v) is 4.08. The highest BCUT2D eigenvalue weighted by Gasteiger charge is 2.05. The zero-order chi connectivity index (χ0) is 12.4. The first kappa shape index (κ1) is 11.6. The number of halogens is 1. The third-order valence-electron chi connectivity index (χ3n) is 2.66. The molecule has 0 atom stereocenters. The Kier molecular flexibility index (Phi) is 3.26. The van der Waals surface area contributed by atoms with Gasteiger partial charge in [-0.05, 0) is 12.1 Å². The first-order valence-electron chi connectivity index (χ1n) is 5.60. The van der Waals surface area contributed by atoms with Crippen molar-refractivity contribution in [2.45, 2.75) is 0 Å². The van der Waals surface area contributed by atoms with E-state index >= 15 is 0 Å². The lowest BCUT2D eigenvalue weighted by atomic mass is 10.2. The number of aromatic nitrogens is 1. The van der Waals surface area contributed by atoms with Gasteiger partial charge in [-0.25, -0.2) is 4.98 Å². The second-order valence-electron chi connectivity index (χ2n) is 3.91. The number of hydrogen-bond donors (Lipinski definition) is 0. The first-order chi connectivity index (χ1) is 8.83. The Morgan fingerprint density at radius 3 is 2.28 bits per heavy atom. The van der Waals surface area contributed by atoms with Gasteiger partial charge in [0.15, 0.2) is 0 Å². The fourth-order valence-corrected chi connectivity index (χ4v) is 2.84. The lowest BCUT2D eigenvalue weighted by molar-refractivity contribution is 1.40. The number of hydrogen-bond acceptors (Lipinski definition) is 2. The van der Waals surface area contributed by atoms with Crippen LogP contribution in [0.5, 0.6) is 0 Å². The molecular weight excluding hydrogens is 306 g/mol. The molecule has 1 aromatic heterocycles. The van der Waals surface area contributed by atoms with Crippen LogP contribution in [-0.4, -0.2) is 4.98 Å². The van der Waals surface area contributed by atoms with Crippen molar-refractivity contribution >= 4 is 27.3 Å². The van der Waals surface area contributed by atoms with Gasteiger partial charge in [-0.15, -0.1) is 11.3 Å². The predicted molar refractivity (Wildman–Crippen MR) is 80.7 cm³/mol. The second-order valence-corrected chi connectivity index (χ2v) is 5.68. The summed E-state index contributed by atoms with van der Waals surface area (Å²) in [4.78, 5) is 4.68. The maximum absolute atomic E-state index is 4.68. The average molecular weight is 316 g/mol. The van der Waals surface area contributed by atoms with Gasteiger partial charge >= 0.3 is 0 Å². The summed E-state index contributed by atoms with van der Waals surface area (Å²) >= 11 is 5.12. The summed E-state index contributed by atoms with van der Waals surface area (Å²) in [5.41, 5.74) is 3.36. The van der Waals surface area contributed by atoms with Crippen LogP contribution in [0.4, 0.5) is 0 Å². The van der Waals surface area contributed by atoms with Gasteiger partial charge < -0.3 is 0 Å². The van der Waals surface area contributed by atoms with Gasteiger partial charge in [-0.1, -0.05) is 58.4 Å². The van der Waals surface area contributed by atoms with Crippen molar-refractivity contribution in [3.63, 3.8) is 0 Å². The Bertz CT molecular complexity index is 644. The zero-order valence-corrected chi connectivity index (χ0v) is 11.9. The molecule has 0 amide bonds. The van der Waals surface area contributed by atoms with E-state index in [1.165, 1.54) is 5.56 Å². The van der Waals surface area contributed by atoms with Crippen molar-refractivity contribution in [3.05, 3.63) is 64.5 Å².